The monoisotopic (exact) mass is 428 g/mol. The summed E-state index contributed by atoms with van der Waals surface area (Å²) in [4.78, 5) is 37.5. The lowest BCUT2D eigenvalue weighted by Gasteiger charge is -2.17. The molecule has 3 N–H and O–H groups in total. The lowest BCUT2D eigenvalue weighted by atomic mass is 10.1. The van der Waals surface area contributed by atoms with Gasteiger partial charge in [-0.1, -0.05) is 78.4 Å². The molecule has 1 atom stereocenters. The van der Waals surface area contributed by atoms with E-state index in [0.29, 0.717) is 11.1 Å². The molecule has 3 aromatic rings. The molecule has 0 saturated carbocycles. The van der Waals surface area contributed by atoms with Gasteiger partial charge in [0.2, 0.25) is 0 Å². The van der Waals surface area contributed by atoms with E-state index in [0.717, 1.165) is 11.1 Å². The Kier molecular flexibility index (Phi) is 7.54. The van der Waals surface area contributed by atoms with E-state index in [1.165, 1.54) is 6.08 Å². The molecule has 2 amide bonds. The van der Waals surface area contributed by atoms with Crippen LogP contribution in [0.5, 0.6) is 0 Å². The average molecular weight is 428 g/mol. The van der Waals surface area contributed by atoms with Crippen molar-refractivity contribution in [3.05, 3.63) is 113 Å². The smallest absolute Gasteiger partial charge is 0.326 e. The third kappa shape index (κ3) is 6.40. The number of benzene rings is 3. The van der Waals surface area contributed by atoms with Crippen LogP contribution in [-0.4, -0.2) is 28.9 Å². The Hall–Kier alpha value is -4.19. The summed E-state index contributed by atoms with van der Waals surface area (Å²) in [6.07, 6.45) is 1.63. The molecule has 0 saturated heterocycles. The molecule has 162 valence electrons. The number of amides is 2. The second-order valence-corrected chi connectivity index (χ2v) is 7.34. The van der Waals surface area contributed by atoms with Crippen LogP contribution in [0.25, 0.3) is 6.08 Å². The van der Waals surface area contributed by atoms with Gasteiger partial charge in [-0.05, 0) is 36.3 Å². The molecule has 0 aromatic heterocycles. The second kappa shape index (κ2) is 10.7. The van der Waals surface area contributed by atoms with E-state index in [1.54, 1.807) is 72.8 Å². The summed E-state index contributed by atoms with van der Waals surface area (Å²) >= 11 is 0. The maximum atomic E-state index is 13.0. The van der Waals surface area contributed by atoms with Crippen molar-refractivity contribution in [2.45, 2.75) is 19.4 Å². The fraction of sp³-hybridized carbons (Fsp3) is 0.115. The SMILES string of the molecule is Cc1ccc(C(=O)NC(=Cc2ccccc2)C(=O)NC(Cc2ccccc2)C(=O)O)cc1. The topological polar surface area (TPSA) is 95.5 Å². The van der Waals surface area contributed by atoms with Crippen LogP contribution in [0.15, 0.2) is 90.6 Å². The average Bonchev–Trinajstić information content (AvgIpc) is 2.80. The first kappa shape index (κ1) is 22.5. The molecule has 0 bridgehead atoms. The van der Waals surface area contributed by atoms with Crippen molar-refractivity contribution in [1.82, 2.24) is 10.6 Å². The Morgan fingerprint density at radius 1 is 0.875 bits per heavy atom. The molecule has 1 unspecified atom stereocenters. The van der Waals surface area contributed by atoms with Gasteiger partial charge in [-0.2, -0.15) is 0 Å². The maximum Gasteiger partial charge on any atom is 0.326 e. The first-order valence-electron chi connectivity index (χ1n) is 10.1. The number of hydrogen-bond acceptors (Lipinski definition) is 3. The fourth-order valence-electron chi connectivity index (χ4n) is 3.06. The molecule has 0 radical (unpaired) electrons. The maximum absolute atomic E-state index is 13.0. The minimum absolute atomic E-state index is 0.0407. The van der Waals surface area contributed by atoms with Gasteiger partial charge in [-0.25, -0.2) is 4.79 Å². The highest BCUT2D eigenvalue weighted by atomic mass is 16.4. The molecule has 3 rings (SSSR count). The highest BCUT2D eigenvalue weighted by Gasteiger charge is 2.23. The Bertz CT molecular complexity index is 1110. The van der Waals surface area contributed by atoms with Crippen molar-refractivity contribution in [3.8, 4) is 0 Å². The lowest BCUT2D eigenvalue weighted by Crippen LogP contribution is -2.45. The van der Waals surface area contributed by atoms with Crippen molar-refractivity contribution >= 4 is 23.9 Å². The van der Waals surface area contributed by atoms with Gasteiger partial charge in [0.25, 0.3) is 11.8 Å². The van der Waals surface area contributed by atoms with Gasteiger partial charge in [0.15, 0.2) is 0 Å². The van der Waals surface area contributed by atoms with Crippen molar-refractivity contribution in [3.63, 3.8) is 0 Å². The molecule has 0 heterocycles. The summed E-state index contributed by atoms with van der Waals surface area (Å²) in [5.41, 5.74) is 2.82. The van der Waals surface area contributed by atoms with Gasteiger partial charge < -0.3 is 15.7 Å². The lowest BCUT2D eigenvalue weighted by molar-refractivity contribution is -0.141. The van der Waals surface area contributed by atoms with E-state index in [1.807, 2.05) is 19.1 Å². The summed E-state index contributed by atoms with van der Waals surface area (Å²) in [5.74, 6) is -2.30. The van der Waals surface area contributed by atoms with Crippen LogP contribution in [0.3, 0.4) is 0 Å². The quantitative estimate of drug-likeness (QED) is 0.478. The summed E-state index contributed by atoms with van der Waals surface area (Å²) in [6.45, 7) is 1.91. The highest BCUT2D eigenvalue weighted by Crippen LogP contribution is 2.10. The predicted molar refractivity (Wildman–Crippen MR) is 123 cm³/mol. The van der Waals surface area contributed by atoms with Crippen molar-refractivity contribution in [1.29, 1.82) is 0 Å². The zero-order valence-corrected chi connectivity index (χ0v) is 17.6. The summed E-state index contributed by atoms with van der Waals surface area (Å²) in [7, 11) is 0. The number of aliphatic carboxylic acids is 1. The minimum Gasteiger partial charge on any atom is -0.480 e. The third-order valence-electron chi connectivity index (χ3n) is 4.80. The van der Waals surface area contributed by atoms with Crippen LogP contribution in [0, 0.1) is 6.92 Å². The van der Waals surface area contributed by atoms with Crippen LogP contribution in [0.1, 0.15) is 27.0 Å². The van der Waals surface area contributed by atoms with Crippen LogP contribution in [0.2, 0.25) is 0 Å². The van der Waals surface area contributed by atoms with Crippen molar-refractivity contribution in [2.24, 2.45) is 0 Å². The number of carbonyl (C=O) groups excluding carboxylic acids is 2. The molecule has 0 fully saturated rings. The first-order chi connectivity index (χ1) is 15.4. The molecule has 6 heteroatoms. The zero-order chi connectivity index (χ0) is 22.9. The number of hydrogen-bond donors (Lipinski definition) is 3. The Labute approximate surface area is 186 Å². The predicted octanol–water partition coefficient (Wildman–Crippen LogP) is 3.58. The number of rotatable bonds is 8. The molecule has 3 aromatic carbocycles. The fourth-order valence-corrected chi connectivity index (χ4v) is 3.06. The summed E-state index contributed by atoms with van der Waals surface area (Å²) in [6, 6.07) is 23.8. The summed E-state index contributed by atoms with van der Waals surface area (Å²) in [5, 5.41) is 14.8. The van der Waals surface area contributed by atoms with Crippen molar-refractivity contribution in [2.75, 3.05) is 0 Å². The van der Waals surface area contributed by atoms with Crippen molar-refractivity contribution < 1.29 is 19.5 Å². The standard InChI is InChI=1S/C26H24N2O4/c1-18-12-14-21(15-13-18)24(29)27-22(16-19-8-4-2-5-9-19)25(30)28-23(26(31)32)17-20-10-6-3-7-11-20/h2-16,23H,17H2,1H3,(H,27,29)(H,28,30)(H,31,32). The zero-order valence-electron chi connectivity index (χ0n) is 17.6. The molecule has 0 aliphatic rings. The van der Waals surface area contributed by atoms with Crippen LogP contribution in [0.4, 0.5) is 0 Å². The van der Waals surface area contributed by atoms with Gasteiger partial charge in [0.1, 0.15) is 11.7 Å². The number of nitrogens with one attached hydrogen (secondary N) is 2. The van der Waals surface area contributed by atoms with E-state index < -0.39 is 23.8 Å². The first-order valence-corrected chi connectivity index (χ1v) is 10.1. The van der Waals surface area contributed by atoms with E-state index in [4.69, 9.17) is 0 Å². The van der Waals surface area contributed by atoms with Gasteiger partial charge >= 0.3 is 5.97 Å². The largest absolute Gasteiger partial charge is 0.480 e. The van der Waals surface area contributed by atoms with E-state index >= 15 is 0 Å². The van der Waals surface area contributed by atoms with Crippen LogP contribution < -0.4 is 10.6 Å². The van der Waals surface area contributed by atoms with Gasteiger partial charge in [0, 0.05) is 12.0 Å². The minimum atomic E-state index is -1.16. The second-order valence-electron chi connectivity index (χ2n) is 7.34. The number of carboxylic acid groups (broad SMARTS) is 1. The van der Waals surface area contributed by atoms with Crippen LogP contribution in [-0.2, 0) is 16.0 Å². The molecular weight excluding hydrogens is 404 g/mol. The van der Waals surface area contributed by atoms with E-state index in [-0.39, 0.29) is 12.1 Å². The summed E-state index contributed by atoms with van der Waals surface area (Å²) < 4.78 is 0. The number of aryl methyl sites for hydroxylation is 1. The Morgan fingerprint density at radius 3 is 2.06 bits per heavy atom. The molecule has 6 nitrogen and oxygen atoms in total. The van der Waals surface area contributed by atoms with E-state index in [9.17, 15) is 19.5 Å². The van der Waals surface area contributed by atoms with E-state index in [2.05, 4.69) is 10.6 Å². The molecule has 0 aliphatic heterocycles. The Morgan fingerprint density at radius 2 is 1.47 bits per heavy atom. The number of carbonyl (C=O) groups is 3. The van der Waals surface area contributed by atoms with Crippen LogP contribution >= 0.6 is 0 Å². The molecule has 0 aliphatic carbocycles. The highest BCUT2D eigenvalue weighted by molar-refractivity contribution is 6.06. The Balaban J connectivity index is 1.83. The normalized spacial score (nSPS) is 12.0. The molecule has 32 heavy (non-hydrogen) atoms. The van der Waals surface area contributed by atoms with Gasteiger partial charge in [0.05, 0.1) is 0 Å². The third-order valence-corrected chi connectivity index (χ3v) is 4.80. The number of carboxylic acids is 1. The van der Waals surface area contributed by atoms with Gasteiger partial charge in [-0.15, -0.1) is 0 Å². The molecular formula is C26H24N2O4. The van der Waals surface area contributed by atoms with Gasteiger partial charge in [-0.3, -0.25) is 9.59 Å². The molecule has 0 spiro atoms.